The van der Waals surface area contributed by atoms with E-state index in [-0.39, 0.29) is 42.7 Å². The van der Waals surface area contributed by atoms with E-state index < -0.39 is 5.41 Å². The van der Waals surface area contributed by atoms with Crippen molar-refractivity contribution < 1.29 is 30.4 Å². The van der Waals surface area contributed by atoms with Crippen LogP contribution in [0, 0.1) is 25.4 Å². The summed E-state index contributed by atoms with van der Waals surface area (Å²) in [5.74, 6) is 2.51. The first-order chi connectivity index (χ1) is 34.0. The van der Waals surface area contributed by atoms with Crippen LogP contribution in [0.15, 0.2) is 116 Å². The van der Waals surface area contributed by atoms with Gasteiger partial charge in [-0.1, -0.05) is 155 Å². The summed E-state index contributed by atoms with van der Waals surface area (Å²) in [5.41, 5.74) is 18.8. The molecular formula is C64H61N7OPt-2. The van der Waals surface area contributed by atoms with E-state index in [2.05, 4.69) is 235 Å². The van der Waals surface area contributed by atoms with E-state index in [0.717, 1.165) is 61.0 Å². The molecule has 1 spiro atoms. The van der Waals surface area contributed by atoms with E-state index in [4.69, 9.17) is 9.72 Å². The van der Waals surface area contributed by atoms with Gasteiger partial charge in [-0.15, -0.1) is 35.2 Å². The molecule has 0 amide bonds. The smallest absolute Gasteiger partial charge is 0.242 e. The van der Waals surface area contributed by atoms with Crippen molar-refractivity contribution in [2.75, 3.05) is 0 Å². The molecule has 4 aromatic heterocycles. The number of aromatic nitrogens is 7. The molecule has 8 nitrogen and oxygen atoms in total. The van der Waals surface area contributed by atoms with E-state index in [0.29, 0.717) is 17.3 Å². The zero-order valence-corrected chi connectivity index (χ0v) is 46.6. The van der Waals surface area contributed by atoms with Crippen molar-refractivity contribution in [3.63, 3.8) is 0 Å². The van der Waals surface area contributed by atoms with Crippen LogP contribution in [-0.2, 0) is 55.2 Å². The molecule has 10 aromatic rings. The minimum absolute atomic E-state index is 0. The zero-order valence-electron chi connectivity index (χ0n) is 44.3. The van der Waals surface area contributed by atoms with Crippen molar-refractivity contribution in [3.05, 3.63) is 184 Å². The van der Waals surface area contributed by atoms with Gasteiger partial charge in [0.1, 0.15) is 18.5 Å². The number of benzene rings is 6. The molecule has 2 aliphatic rings. The van der Waals surface area contributed by atoms with Crippen LogP contribution in [0.3, 0.4) is 0 Å². The van der Waals surface area contributed by atoms with Gasteiger partial charge >= 0.3 is 0 Å². The van der Waals surface area contributed by atoms with Gasteiger partial charge in [0.25, 0.3) is 0 Å². The van der Waals surface area contributed by atoms with Gasteiger partial charge in [-0.3, -0.25) is 0 Å². The Labute approximate surface area is 443 Å². The molecule has 0 bridgehead atoms. The molecule has 1 aliphatic heterocycles. The van der Waals surface area contributed by atoms with Crippen LogP contribution in [0.2, 0.25) is 0 Å². The van der Waals surface area contributed by atoms with Gasteiger partial charge < -0.3 is 18.4 Å². The van der Waals surface area contributed by atoms with E-state index in [1.165, 1.54) is 62.7 Å². The fraction of sp³-hybridized carbons (Fsp3) is 0.297. The van der Waals surface area contributed by atoms with Gasteiger partial charge in [0.05, 0.1) is 18.1 Å². The summed E-state index contributed by atoms with van der Waals surface area (Å²) in [6.07, 6.45) is 8.60. The molecule has 0 radical (unpaired) electrons. The van der Waals surface area contributed by atoms with E-state index >= 15 is 0 Å². The third-order valence-corrected chi connectivity index (χ3v) is 15.3. The van der Waals surface area contributed by atoms with Crippen molar-refractivity contribution in [2.45, 2.75) is 117 Å². The SMILES string of the molecule is Cc1cc(-n2c3[c-]c(Oc4[c-]c5c(cc4)C4(c6c(cc(C(C)(C)C)cc6C(C)(C)C)-c6cc(C(C)(C)C)cc(C(C)(C)C)c64)c4cccc6c4n-5[c-][n+]6C)ccc3c3ccccc32)ncc1-c1ncncn1.[Pt]. The Balaban J connectivity index is 0.00000574. The fourth-order valence-electron chi connectivity index (χ4n) is 11.7. The first-order valence-corrected chi connectivity index (χ1v) is 25.2. The van der Waals surface area contributed by atoms with E-state index in [9.17, 15) is 0 Å². The first-order valence-electron chi connectivity index (χ1n) is 25.2. The maximum absolute atomic E-state index is 6.98. The average Bonchev–Trinajstić information content (AvgIpc) is 3.95. The van der Waals surface area contributed by atoms with Crippen LogP contribution in [0.1, 0.15) is 133 Å². The molecule has 0 atom stereocenters. The number of nitrogens with zero attached hydrogens (tertiary/aromatic N) is 7. The predicted molar refractivity (Wildman–Crippen MR) is 289 cm³/mol. The monoisotopic (exact) mass is 1140 g/mol. The Morgan fingerprint density at radius 3 is 1.84 bits per heavy atom. The minimum atomic E-state index is -0.710. The van der Waals surface area contributed by atoms with Gasteiger partial charge in [0.15, 0.2) is 5.82 Å². The standard InChI is InChI=1S/C64H61N7O.Pt/c1-37-26-55(66-33-46(37)59-67-34-65-35-68-59)71-51-20-16-15-18-42(51)43-24-22-40(31-53(43)71)72-41-23-25-47-54(32-41)70-36-69(14)52-21-17-19-48(58(52)70)64(47)56-44(27-38(60(2,3)4)29-49(56)62(8,9)10)45-28-39(61(5,6)7)30-50(57(45)64)63(11,12)13;/h15-30,33-35H,1-14H3;/q-2;. The first kappa shape index (κ1) is 48.5. The Hall–Kier alpha value is -6.76. The predicted octanol–water partition coefficient (Wildman–Crippen LogP) is 14.2. The zero-order chi connectivity index (χ0) is 50.6. The largest absolute Gasteiger partial charge is 0.510 e. The molecule has 0 fully saturated rings. The summed E-state index contributed by atoms with van der Waals surface area (Å²) in [7, 11) is 2.10. The summed E-state index contributed by atoms with van der Waals surface area (Å²) >= 11 is 0. The Morgan fingerprint density at radius 2 is 1.22 bits per heavy atom. The topological polar surface area (TPSA) is 74.5 Å². The molecule has 0 saturated carbocycles. The van der Waals surface area contributed by atoms with Crippen LogP contribution in [0.25, 0.3) is 66.9 Å². The molecular weight excluding hydrogens is 1080 g/mol. The van der Waals surface area contributed by atoms with Gasteiger partial charge in [-0.05, 0) is 102 Å². The number of pyridine rings is 1. The summed E-state index contributed by atoms with van der Waals surface area (Å²) in [4.78, 5) is 17.8. The third kappa shape index (κ3) is 7.29. The van der Waals surface area contributed by atoms with Gasteiger partial charge in [0, 0.05) is 55.3 Å². The molecule has 12 rings (SSSR count). The Bertz CT molecular complexity index is 3830. The van der Waals surface area contributed by atoms with Gasteiger partial charge in [-0.2, -0.15) is 12.1 Å². The summed E-state index contributed by atoms with van der Waals surface area (Å²) in [6, 6.07) is 43.7. The van der Waals surface area contributed by atoms with Crippen molar-refractivity contribution in [1.82, 2.24) is 29.1 Å². The number of aryl methyl sites for hydroxylation is 2. The van der Waals surface area contributed by atoms with Crippen molar-refractivity contribution in [2.24, 2.45) is 7.05 Å². The summed E-state index contributed by atoms with van der Waals surface area (Å²) < 4.78 is 13.5. The minimum Gasteiger partial charge on any atom is -0.510 e. The van der Waals surface area contributed by atoms with Crippen molar-refractivity contribution in [1.29, 1.82) is 0 Å². The summed E-state index contributed by atoms with van der Waals surface area (Å²) in [5, 5.41) is 2.15. The molecule has 370 valence electrons. The van der Waals surface area contributed by atoms with E-state index in [1.54, 1.807) is 0 Å². The summed E-state index contributed by atoms with van der Waals surface area (Å²) in [6.45, 7) is 30.5. The second kappa shape index (κ2) is 16.4. The van der Waals surface area contributed by atoms with Crippen LogP contribution in [0.4, 0.5) is 0 Å². The van der Waals surface area contributed by atoms with Crippen molar-refractivity contribution in [3.8, 4) is 45.5 Å². The van der Waals surface area contributed by atoms with Crippen LogP contribution in [-0.4, -0.2) is 29.1 Å². The van der Waals surface area contributed by atoms with Crippen LogP contribution in [0.5, 0.6) is 11.5 Å². The van der Waals surface area contributed by atoms with Crippen LogP contribution >= 0.6 is 0 Å². The second-order valence-electron chi connectivity index (χ2n) is 24.3. The molecule has 0 unspecified atom stereocenters. The number of hydrogen-bond donors (Lipinski definition) is 0. The van der Waals surface area contributed by atoms with Gasteiger partial charge in [-0.25, -0.2) is 19.9 Å². The van der Waals surface area contributed by atoms with Crippen molar-refractivity contribution >= 4 is 32.8 Å². The van der Waals surface area contributed by atoms with Gasteiger partial charge in [0.2, 0.25) is 6.33 Å². The molecule has 73 heavy (non-hydrogen) atoms. The number of rotatable bonds is 4. The normalized spacial score (nSPS) is 13.9. The maximum atomic E-state index is 6.98. The molecule has 0 saturated heterocycles. The number of hydrogen-bond acceptors (Lipinski definition) is 5. The quantitative estimate of drug-likeness (QED) is 0.130. The third-order valence-electron chi connectivity index (χ3n) is 15.3. The van der Waals surface area contributed by atoms with Crippen LogP contribution < -0.4 is 9.30 Å². The average molecular weight is 1140 g/mol. The number of ether oxygens (including phenoxy) is 1. The maximum Gasteiger partial charge on any atom is 0.242 e. The molecule has 0 N–H and O–H groups in total. The number of imidazole rings is 1. The Kier molecular flexibility index (Phi) is 10.9. The molecule has 5 heterocycles. The number of para-hydroxylation sites is 2. The number of fused-ring (bicyclic) bond motifs is 12. The molecule has 9 heteroatoms. The second-order valence-corrected chi connectivity index (χ2v) is 24.3. The molecule has 1 aliphatic carbocycles. The molecule has 6 aromatic carbocycles. The van der Waals surface area contributed by atoms with E-state index in [1.807, 2.05) is 12.3 Å². The fourth-order valence-corrected chi connectivity index (χ4v) is 11.7. The Morgan fingerprint density at radius 1 is 0.603 bits per heavy atom.